The third kappa shape index (κ3) is 5.19. The smallest absolute Gasteiger partial charge is 0.258 e. The quantitative estimate of drug-likeness (QED) is 0.779. The number of nitrogens with one attached hydrogen (secondary N) is 3. The standard InChI is InChI=1S/C19H23N3O3/c23-18(11-14-3-2-8-20-9-6-14)21-16-4-1-5-17(12-16)22-19(24)15-7-10-25-13-15/h1,4-5,7,10,12-14,20H,2-3,6,8-9,11H2,(H,21,23)(H,22,24). The van der Waals surface area contributed by atoms with Crippen molar-refractivity contribution in [1.29, 1.82) is 0 Å². The molecular weight excluding hydrogens is 318 g/mol. The molecule has 6 heteroatoms. The van der Waals surface area contributed by atoms with Gasteiger partial charge in [0.05, 0.1) is 11.8 Å². The van der Waals surface area contributed by atoms with Crippen LogP contribution < -0.4 is 16.0 Å². The molecule has 1 saturated heterocycles. The molecule has 2 amide bonds. The maximum absolute atomic E-state index is 12.3. The Bertz CT molecular complexity index is 704. The zero-order valence-corrected chi connectivity index (χ0v) is 14.1. The molecule has 1 aromatic heterocycles. The Kier molecular flexibility index (Phi) is 5.85. The van der Waals surface area contributed by atoms with Gasteiger partial charge in [0.1, 0.15) is 6.26 Å². The van der Waals surface area contributed by atoms with Crippen molar-refractivity contribution in [3.63, 3.8) is 0 Å². The van der Waals surface area contributed by atoms with Gasteiger partial charge in [-0.2, -0.15) is 0 Å². The minimum atomic E-state index is -0.247. The maximum atomic E-state index is 12.3. The fraction of sp³-hybridized carbons (Fsp3) is 0.368. The Morgan fingerprint density at radius 3 is 2.76 bits per heavy atom. The van der Waals surface area contributed by atoms with Gasteiger partial charge in [-0.25, -0.2) is 0 Å². The molecule has 0 radical (unpaired) electrons. The van der Waals surface area contributed by atoms with Crippen LogP contribution in [0.2, 0.25) is 0 Å². The number of amides is 2. The molecule has 3 rings (SSSR count). The number of anilines is 2. The van der Waals surface area contributed by atoms with Gasteiger partial charge in [-0.3, -0.25) is 9.59 Å². The highest BCUT2D eigenvalue weighted by Crippen LogP contribution is 2.20. The molecule has 0 aliphatic carbocycles. The molecule has 1 aliphatic heterocycles. The lowest BCUT2D eigenvalue weighted by atomic mass is 9.96. The lowest BCUT2D eigenvalue weighted by Crippen LogP contribution is -2.18. The molecular formula is C19H23N3O3. The van der Waals surface area contributed by atoms with Crippen LogP contribution in [-0.2, 0) is 4.79 Å². The Labute approximate surface area is 147 Å². The van der Waals surface area contributed by atoms with E-state index in [4.69, 9.17) is 4.42 Å². The molecule has 25 heavy (non-hydrogen) atoms. The fourth-order valence-corrected chi connectivity index (χ4v) is 3.04. The summed E-state index contributed by atoms with van der Waals surface area (Å²) in [5.74, 6) is 0.201. The molecule has 2 aromatic rings. The Hall–Kier alpha value is -2.60. The van der Waals surface area contributed by atoms with Crippen molar-refractivity contribution in [2.75, 3.05) is 23.7 Å². The number of hydrogen-bond acceptors (Lipinski definition) is 4. The highest BCUT2D eigenvalue weighted by molar-refractivity contribution is 6.04. The zero-order valence-electron chi connectivity index (χ0n) is 14.1. The van der Waals surface area contributed by atoms with Crippen LogP contribution in [0, 0.1) is 5.92 Å². The highest BCUT2D eigenvalue weighted by atomic mass is 16.3. The van der Waals surface area contributed by atoms with E-state index in [-0.39, 0.29) is 11.8 Å². The van der Waals surface area contributed by atoms with E-state index in [2.05, 4.69) is 16.0 Å². The van der Waals surface area contributed by atoms with Crippen molar-refractivity contribution in [1.82, 2.24) is 5.32 Å². The third-order valence-corrected chi connectivity index (χ3v) is 4.36. The Morgan fingerprint density at radius 1 is 1.12 bits per heavy atom. The normalized spacial score (nSPS) is 17.5. The molecule has 3 N–H and O–H groups in total. The topological polar surface area (TPSA) is 83.4 Å². The Balaban J connectivity index is 1.55. The van der Waals surface area contributed by atoms with Crippen LogP contribution in [0.3, 0.4) is 0 Å². The monoisotopic (exact) mass is 341 g/mol. The first-order chi connectivity index (χ1) is 12.2. The van der Waals surface area contributed by atoms with Crippen molar-refractivity contribution < 1.29 is 14.0 Å². The van der Waals surface area contributed by atoms with Gasteiger partial charge in [0.2, 0.25) is 5.91 Å². The van der Waals surface area contributed by atoms with Crippen molar-refractivity contribution >= 4 is 23.2 Å². The van der Waals surface area contributed by atoms with Crippen LogP contribution in [0.1, 0.15) is 36.0 Å². The van der Waals surface area contributed by atoms with E-state index in [9.17, 15) is 9.59 Å². The summed E-state index contributed by atoms with van der Waals surface area (Å²) < 4.78 is 4.91. The summed E-state index contributed by atoms with van der Waals surface area (Å²) in [6.07, 6.45) is 6.62. The van der Waals surface area contributed by atoms with E-state index in [1.807, 2.05) is 6.07 Å². The molecule has 1 aromatic carbocycles. The van der Waals surface area contributed by atoms with Crippen molar-refractivity contribution in [2.45, 2.75) is 25.7 Å². The van der Waals surface area contributed by atoms with Crippen LogP contribution in [0.25, 0.3) is 0 Å². The minimum Gasteiger partial charge on any atom is -0.472 e. The summed E-state index contributed by atoms with van der Waals surface area (Å²) in [4.78, 5) is 24.3. The summed E-state index contributed by atoms with van der Waals surface area (Å²) in [6.45, 7) is 2.02. The first-order valence-corrected chi connectivity index (χ1v) is 8.65. The van der Waals surface area contributed by atoms with Gasteiger partial charge in [0.25, 0.3) is 5.91 Å². The molecule has 1 atom stereocenters. The SMILES string of the molecule is O=C(CC1CCCNCC1)Nc1cccc(NC(=O)c2ccoc2)c1. The summed E-state index contributed by atoms with van der Waals surface area (Å²) in [7, 11) is 0. The second-order valence-corrected chi connectivity index (χ2v) is 6.35. The number of furan rings is 1. The molecule has 1 aliphatic rings. The molecule has 0 spiro atoms. The molecule has 0 saturated carbocycles. The van der Waals surface area contributed by atoms with Crippen molar-refractivity contribution in [3.8, 4) is 0 Å². The number of hydrogen-bond donors (Lipinski definition) is 3. The van der Waals surface area contributed by atoms with E-state index < -0.39 is 0 Å². The second kappa shape index (κ2) is 8.48. The highest BCUT2D eigenvalue weighted by Gasteiger charge is 2.16. The zero-order chi connectivity index (χ0) is 17.5. The van der Waals surface area contributed by atoms with Gasteiger partial charge in [-0.05, 0) is 62.5 Å². The van der Waals surface area contributed by atoms with Gasteiger partial charge < -0.3 is 20.4 Å². The largest absolute Gasteiger partial charge is 0.472 e. The minimum absolute atomic E-state index is 0.0187. The lowest BCUT2D eigenvalue weighted by Gasteiger charge is -2.14. The van der Waals surface area contributed by atoms with Gasteiger partial charge >= 0.3 is 0 Å². The van der Waals surface area contributed by atoms with Crippen LogP contribution >= 0.6 is 0 Å². The lowest BCUT2D eigenvalue weighted by molar-refractivity contribution is -0.117. The van der Waals surface area contributed by atoms with Gasteiger partial charge in [0.15, 0.2) is 0 Å². The van der Waals surface area contributed by atoms with Crippen LogP contribution in [0.4, 0.5) is 11.4 Å². The average Bonchev–Trinajstić information content (AvgIpc) is 3.01. The number of carbonyl (C=O) groups is 2. The maximum Gasteiger partial charge on any atom is 0.258 e. The summed E-state index contributed by atoms with van der Waals surface area (Å²) in [5.41, 5.74) is 1.76. The molecule has 1 unspecified atom stereocenters. The fourth-order valence-electron chi connectivity index (χ4n) is 3.04. The molecule has 6 nitrogen and oxygen atoms in total. The predicted molar refractivity (Wildman–Crippen MR) is 96.6 cm³/mol. The van der Waals surface area contributed by atoms with Gasteiger partial charge in [-0.15, -0.1) is 0 Å². The second-order valence-electron chi connectivity index (χ2n) is 6.35. The van der Waals surface area contributed by atoms with E-state index >= 15 is 0 Å². The molecule has 1 fully saturated rings. The number of rotatable bonds is 5. The number of carbonyl (C=O) groups excluding carboxylic acids is 2. The summed E-state index contributed by atoms with van der Waals surface area (Å²) in [6, 6.07) is 8.76. The Morgan fingerprint density at radius 2 is 1.96 bits per heavy atom. The number of benzene rings is 1. The van der Waals surface area contributed by atoms with Gasteiger partial charge in [0, 0.05) is 17.8 Å². The first-order valence-electron chi connectivity index (χ1n) is 8.65. The van der Waals surface area contributed by atoms with Gasteiger partial charge in [-0.1, -0.05) is 6.07 Å². The van der Waals surface area contributed by atoms with E-state index in [0.717, 1.165) is 32.4 Å². The predicted octanol–water partition coefficient (Wildman–Crippen LogP) is 3.25. The van der Waals surface area contributed by atoms with E-state index in [1.165, 1.54) is 12.5 Å². The van der Waals surface area contributed by atoms with Crippen molar-refractivity contribution in [2.24, 2.45) is 5.92 Å². The third-order valence-electron chi connectivity index (χ3n) is 4.36. The average molecular weight is 341 g/mol. The molecule has 132 valence electrons. The summed E-state index contributed by atoms with van der Waals surface area (Å²) in [5, 5.41) is 9.08. The molecule has 0 bridgehead atoms. The summed E-state index contributed by atoms with van der Waals surface area (Å²) >= 11 is 0. The van der Waals surface area contributed by atoms with Crippen LogP contribution in [-0.4, -0.2) is 24.9 Å². The van der Waals surface area contributed by atoms with Crippen molar-refractivity contribution in [3.05, 3.63) is 48.4 Å². The van der Waals surface area contributed by atoms with Crippen LogP contribution in [0.5, 0.6) is 0 Å². The van der Waals surface area contributed by atoms with E-state index in [0.29, 0.717) is 29.3 Å². The molecule has 2 heterocycles. The van der Waals surface area contributed by atoms with Crippen LogP contribution in [0.15, 0.2) is 47.3 Å². The first kappa shape index (κ1) is 17.2. The van der Waals surface area contributed by atoms with E-state index in [1.54, 1.807) is 24.3 Å².